The van der Waals surface area contributed by atoms with Crippen LogP contribution in [0.5, 0.6) is 0 Å². The van der Waals surface area contributed by atoms with Crippen molar-refractivity contribution in [3.63, 3.8) is 0 Å². The maximum Gasteiger partial charge on any atom is 0.225 e. The summed E-state index contributed by atoms with van der Waals surface area (Å²) in [4.78, 5) is 11.0. The molecule has 0 saturated carbocycles. The predicted molar refractivity (Wildman–Crippen MR) is 73.0 cm³/mol. The lowest BCUT2D eigenvalue weighted by atomic mass is 10.00. The molecule has 18 heavy (non-hydrogen) atoms. The molecule has 0 spiro atoms. The van der Waals surface area contributed by atoms with E-state index < -0.39 is 0 Å². The fourth-order valence-corrected chi connectivity index (χ4v) is 2.57. The third-order valence-electron chi connectivity index (χ3n) is 3.26. The average Bonchev–Trinajstić information content (AvgIpc) is 2.39. The van der Waals surface area contributed by atoms with Crippen molar-refractivity contribution in [3.05, 3.63) is 52.3 Å². The number of benzene rings is 1. The first-order chi connectivity index (χ1) is 8.74. The fraction of sp³-hybridized carbons (Fsp3) is 0.286. The van der Waals surface area contributed by atoms with Crippen molar-refractivity contribution >= 4 is 17.5 Å². The Balaban J connectivity index is 1.89. The minimum absolute atomic E-state index is 0.797. The molecule has 0 fully saturated rings. The molecule has 1 aromatic heterocycles. The SMILES string of the molecule is Cc1cnc(N2CCc3c(Cl)cccc3C2)nc1. The molecule has 92 valence electrons. The predicted octanol–water partition coefficient (Wildman–Crippen LogP) is 3.00. The zero-order valence-corrected chi connectivity index (χ0v) is 11.0. The Morgan fingerprint density at radius 2 is 2.00 bits per heavy atom. The van der Waals surface area contributed by atoms with E-state index >= 15 is 0 Å². The summed E-state index contributed by atoms with van der Waals surface area (Å²) in [5.74, 6) is 0.797. The monoisotopic (exact) mass is 259 g/mol. The summed E-state index contributed by atoms with van der Waals surface area (Å²) in [6, 6.07) is 6.08. The second-order valence-electron chi connectivity index (χ2n) is 4.61. The van der Waals surface area contributed by atoms with Crippen molar-refractivity contribution in [2.24, 2.45) is 0 Å². The van der Waals surface area contributed by atoms with Gasteiger partial charge in [0.05, 0.1) is 0 Å². The molecule has 0 bridgehead atoms. The Labute approximate surface area is 111 Å². The number of anilines is 1. The molecule has 4 heteroatoms. The van der Waals surface area contributed by atoms with Crippen molar-refractivity contribution < 1.29 is 0 Å². The zero-order chi connectivity index (χ0) is 12.5. The van der Waals surface area contributed by atoms with E-state index in [0.717, 1.165) is 36.0 Å². The summed E-state index contributed by atoms with van der Waals surface area (Å²) in [5.41, 5.74) is 3.62. The van der Waals surface area contributed by atoms with Crippen LogP contribution >= 0.6 is 11.6 Å². The van der Waals surface area contributed by atoms with E-state index in [2.05, 4.69) is 20.9 Å². The minimum atomic E-state index is 0.797. The van der Waals surface area contributed by atoms with Crippen LogP contribution in [0.4, 0.5) is 5.95 Å². The first kappa shape index (κ1) is 11.5. The summed E-state index contributed by atoms with van der Waals surface area (Å²) >= 11 is 6.21. The highest BCUT2D eigenvalue weighted by molar-refractivity contribution is 6.31. The topological polar surface area (TPSA) is 29.0 Å². The van der Waals surface area contributed by atoms with Gasteiger partial charge in [-0.2, -0.15) is 0 Å². The molecular weight excluding hydrogens is 246 g/mol. The molecule has 0 radical (unpaired) electrons. The van der Waals surface area contributed by atoms with Crippen molar-refractivity contribution in [2.45, 2.75) is 19.9 Å². The van der Waals surface area contributed by atoms with Crippen LogP contribution in [0.2, 0.25) is 5.02 Å². The summed E-state index contributed by atoms with van der Waals surface area (Å²) in [6.45, 7) is 3.74. The number of aromatic nitrogens is 2. The van der Waals surface area contributed by atoms with Gasteiger partial charge in [-0.1, -0.05) is 23.7 Å². The molecule has 2 heterocycles. The molecule has 0 unspecified atom stereocenters. The zero-order valence-electron chi connectivity index (χ0n) is 10.2. The van der Waals surface area contributed by atoms with Crippen LogP contribution in [0.15, 0.2) is 30.6 Å². The number of nitrogens with zero attached hydrogens (tertiary/aromatic N) is 3. The number of hydrogen-bond donors (Lipinski definition) is 0. The van der Waals surface area contributed by atoms with E-state index in [0.29, 0.717) is 0 Å². The maximum absolute atomic E-state index is 6.21. The van der Waals surface area contributed by atoms with Gasteiger partial charge in [-0.05, 0) is 36.1 Å². The lowest BCUT2D eigenvalue weighted by Gasteiger charge is -2.29. The van der Waals surface area contributed by atoms with Crippen LogP contribution in [0.3, 0.4) is 0 Å². The minimum Gasteiger partial charge on any atom is -0.336 e. The van der Waals surface area contributed by atoms with E-state index in [-0.39, 0.29) is 0 Å². The summed E-state index contributed by atoms with van der Waals surface area (Å²) in [5, 5.41) is 0.872. The Morgan fingerprint density at radius 3 is 2.78 bits per heavy atom. The number of fused-ring (bicyclic) bond motifs is 1. The average molecular weight is 260 g/mol. The normalized spacial score (nSPS) is 14.4. The molecule has 3 rings (SSSR count). The van der Waals surface area contributed by atoms with Gasteiger partial charge in [-0.25, -0.2) is 9.97 Å². The highest BCUT2D eigenvalue weighted by atomic mass is 35.5. The Kier molecular flexibility index (Phi) is 2.92. The largest absolute Gasteiger partial charge is 0.336 e. The molecular formula is C14H14ClN3. The highest BCUT2D eigenvalue weighted by Crippen LogP contribution is 2.27. The van der Waals surface area contributed by atoms with Gasteiger partial charge in [-0.3, -0.25) is 0 Å². The van der Waals surface area contributed by atoms with Crippen molar-refractivity contribution in [3.8, 4) is 0 Å². The second-order valence-corrected chi connectivity index (χ2v) is 5.02. The Morgan fingerprint density at radius 1 is 1.22 bits per heavy atom. The van der Waals surface area contributed by atoms with Crippen LogP contribution < -0.4 is 4.90 Å². The summed E-state index contributed by atoms with van der Waals surface area (Å²) in [6.07, 6.45) is 4.66. The van der Waals surface area contributed by atoms with Gasteiger partial charge in [0.2, 0.25) is 5.95 Å². The molecule has 0 saturated heterocycles. The first-order valence-corrected chi connectivity index (χ1v) is 6.42. The van der Waals surface area contributed by atoms with Crippen molar-refractivity contribution in [1.82, 2.24) is 9.97 Å². The van der Waals surface area contributed by atoms with Crippen molar-refractivity contribution in [1.29, 1.82) is 0 Å². The van der Waals surface area contributed by atoms with Gasteiger partial charge in [0.1, 0.15) is 0 Å². The van der Waals surface area contributed by atoms with Gasteiger partial charge >= 0.3 is 0 Å². The van der Waals surface area contributed by atoms with Crippen LogP contribution in [-0.2, 0) is 13.0 Å². The van der Waals surface area contributed by atoms with Gasteiger partial charge in [0.25, 0.3) is 0 Å². The van der Waals surface area contributed by atoms with Gasteiger partial charge in [0, 0.05) is 30.5 Å². The van der Waals surface area contributed by atoms with Crippen LogP contribution in [-0.4, -0.2) is 16.5 Å². The summed E-state index contributed by atoms with van der Waals surface area (Å²) in [7, 11) is 0. The van der Waals surface area contributed by atoms with Gasteiger partial charge in [0.15, 0.2) is 0 Å². The van der Waals surface area contributed by atoms with E-state index in [9.17, 15) is 0 Å². The number of hydrogen-bond acceptors (Lipinski definition) is 3. The molecule has 0 aliphatic carbocycles. The molecule has 1 aliphatic heterocycles. The Bertz CT molecular complexity index is 566. The third kappa shape index (κ3) is 2.06. The smallest absolute Gasteiger partial charge is 0.225 e. The van der Waals surface area contributed by atoms with Crippen LogP contribution in [0.1, 0.15) is 16.7 Å². The molecule has 2 aromatic rings. The highest BCUT2D eigenvalue weighted by Gasteiger charge is 2.19. The molecule has 0 atom stereocenters. The third-order valence-corrected chi connectivity index (χ3v) is 3.61. The number of aryl methyl sites for hydroxylation is 1. The standard InChI is InChI=1S/C14H14ClN3/c1-10-7-16-14(17-8-10)18-6-5-12-11(9-18)3-2-4-13(12)15/h2-4,7-8H,5-6,9H2,1H3. The van der Waals surface area contributed by atoms with Crippen LogP contribution in [0.25, 0.3) is 0 Å². The number of halogens is 1. The van der Waals surface area contributed by atoms with Gasteiger partial charge < -0.3 is 4.90 Å². The van der Waals surface area contributed by atoms with E-state index in [1.165, 1.54) is 11.1 Å². The Hall–Kier alpha value is -1.61. The van der Waals surface area contributed by atoms with Crippen molar-refractivity contribution in [2.75, 3.05) is 11.4 Å². The van der Waals surface area contributed by atoms with Gasteiger partial charge in [-0.15, -0.1) is 0 Å². The summed E-state index contributed by atoms with van der Waals surface area (Å²) < 4.78 is 0. The first-order valence-electron chi connectivity index (χ1n) is 6.04. The molecule has 3 nitrogen and oxygen atoms in total. The lowest BCUT2D eigenvalue weighted by Crippen LogP contribution is -2.31. The fourth-order valence-electron chi connectivity index (χ4n) is 2.28. The van der Waals surface area contributed by atoms with E-state index in [1.807, 2.05) is 31.5 Å². The molecule has 0 amide bonds. The molecule has 1 aromatic carbocycles. The van der Waals surface area contributed by atoms with Crippen LogP contribution in [0, 0.1) is 6.92 Å². The molecule has 1 aliphatic rings. The molecule has 0 N–H and O–H groups in total. The quantitative estimate of drug-likeness (QED) is 0.788. The maximum atomic E-state index is 6.21. The van der Waals surface area contributed by atoms with E-state index in [4.69, 9.17) is 11.6 Å². The lowest BCUT2D eigenvalue weighted by molar-refractivity contribution is 0.707. The van der Waals surface area contributed by atoms with E-state index in [1.54, 1.807) is 0 Å². The number of rotatable bonds is 1. The second kappa shape index (κ2) is 4.58.